The van der Waals surface area contributed by atoms with Gasteiger partial charge in [-0.2, -0.15) is 0 Å². The summed E-state index contributed by atoms with van der Waals surface area (Å²) in [7, 11) is 1.24. The molecule has 2 rings (SSSR count). The second-order valence-electron chi connectivity index (χ2n) is 5.61. The summed E-state index contributed by atoms with van der Waals surface area (Å²) >= 11 is 0. The minimum atomic E-state index is -0.891. The molecule has 0 unspecified atom stereocenters. The highest BCUT2D eigenvalue weighted by Gasteiger charge is 2.17. The Bertz CT molecular complexity index is 850. The van der Waals surface area contributed by atoms with Gasteiger partial charge in [0.2, 0.25) is 11.8 Å². The second kappa shape index (κ2) is 8.88. The van der Waals surface area contributed by atoms with Gasteiger partial charge in [-0.1, -0.05) is 12.1 Å². The van der Waals surface area contributed by atoms with Crippen molar-refractivity contribution < 1.29 is 27.9 Å². The third kappa shape index (κ3) is 5.10. The highest BCUT2D eigenvalue weighted by molar-refractivity contribution is 5.96. The number of hydrogen-bond donors (Lipinski definition) is 1. The lowest BCUT2D eigenvalue weighted by molar-refractivity contribution is -0.117. The van der Waals surface area contributed by atoms with E-state index in [9.17, 15) is 23.2 Å². The van der Waals surface area contributed by atoms with Crippen LogP contribution in [0, 0.1) is 11.6 Å². The molecule has 0 saturated carbocycles. The zero-order valence-corrected chi connectivity index (χ0v) is 14.8. The van der Waals surface area contributed by atoms with Gasteiger partial charge >= 0.3 is 5.97 Å². The highest BCUT2D eigenvalue weighted by atomic mass is 19.1. The number of para-hydroxylation sites is 1. The van der Waals surface area contributed by atoms with E-state index >= 15 is 0 Å². The third-order valence-corrected chi connectivity index (χ3v) is 3.75. The van der Waals surface area contributed by atoms with Gasteiger partial charge in [0.1, 0.15) is 17.3 Å². The van der Waals surface area contributed by atoms with Gasteiger partial charge in [-0.15, -0.1) is 0 Å². The van der Waals surface area contributed by atoms with E-state index in [1.807, 2.05) is 0 Å². The summed E-state index contributed by atoms with van der Waals surface area (Å²) in [5.41, 5.74) is 0.110. The van der Waals surface area contributed by atoms with E-state index in [1.54, 1.807) is 12.1 Å². The van der Waals surface area contributed by atoms with E-state index in [4.69, 9.17) is 0 Å². The van der Waals surface area contributed by atoms with Crippen LogP contribution in [0.4, 0.5) is 20.2 Å². The summed E-state index contributed by atoms with van der Waals surface area (Å²) < 4.78 is 31.8. The molecule has 0 radical (unpaired) electrons. The van der Waals surface area contributed by atoms with Gasteiger partial charge in [0, 0.05) is 25.6 Å². The van der Waals surface area contributed by atoms with Crippen molar-refractivity contribution in [2.24, 2.45) is 0 Å². The van der Waals surface area contributed by atoms with Gasteiger partial charge in [-0.25, -0.2) is 13.6 Å². The Hall–Kier alpha value is -3.29. The first-order valence-corrected chi connectivity index (χ1v) is 8.04. The zero-order chi connectivity index (χ0) is 20.0. The predicted octanol–water partition coefficient (Wildman–Crippen LogP) is 3.13. The number of halogens is 2. The van der Waals surface area contributed by atoms with Crippen molar-refractivity contribution in [2.45, 2.75) is 13.3 Å². The van der Waals surface area contributed by atoms with Crippen molar-refractivity contribution in [3.63, 3.8) is 0 Å². The van der Waals surface area contributed by atoms with Crippen molar-refractivity contribution in [2.75, 3.05) is 23.9 Å². The van der Waals surface area contributed by atoms with Crippen molar-refractivity contribution in [1.82, 2.24) is 0 Å². The Kier molecular flexibility index (Phi) is 6.59. The minimum Gasteiger partial charge on any atom is -0.465 e. The highest BCUT2D eigenvalue weighted by Crippen LogP contribution is 2.20. The normalized spacial score (nSPS) is 10.2. The molecule has 6 nitrogen and oxygen atoms in total. The molecular formula is C19H18F2N2O4. The number of rotatable bonds is 6. The Morgan fingerprint density at radius 2 is 1.70 bits per heavy atom. The fourth-order valence-corrected chi connectivity index (χ4v) is 2.42. The number of hydrogen-bond acceptors (Lipinski definition) is 4. The van der Waals surface area contributed by atoms with Gasteiger partial charge in [0.05, 0.1) is 12.7 Å². The topological polar surface area (TPSA) is 75.7 Å². The standard InChI is InChI=1S/C19H18F2N2O4/c1-12(24)23(14-6-3-5-13(11-14)19(26)27-2)10-9-17(25)22-18-15(20)7-4-8-16(18)21/h3-8,11H,9-10H2,1-2H3,(H,22,25). The molecule has 2 aromatic carbocycles. The van der Waals surface area contributed by atoms with Gasteiger partial charge in [0.15, 0.2) is 0 Å². The van der Waals surface area contributed by atoms with Crippen molar-refractivity contribution in [3.05, 3.63) is 59.7 Å². The van der Waals surface area contributed by atoms with Crippen LogP contribution in [0.15, 0.2) is 42.5 Å². The average molecular weight is 376 g/mol. The van der Waals surface area contributed by atoms with Crippen LogP contribution in [0.1, 0.15) is 23.7 Å². The average Bonchev–Trinajstić information content (AvgIpc) is 2.64. The molecule has 0 saturated heterocycles. The zero-order valence-electron chi connectivity index (χ0n) is 14.8. The molecule has 0 aliphatic heterocycles. The summed E-state index contributed by atoms with van der Waals surface area (Å²) in [6.07, 6.45) is -0.199. The fourth-order valence-electron chi connectivity index (χ4n) is 2.42. The lowest BCUT2D eigenvalue weighted by Crippen LogP contribution is -2.32. The summed E-state index contributed by atoms with van der Waals surface area (Å²) in [4.78, 5) is 36.9. The molecule has 2 amide bonds. The molecule has 0 aliphatic carbocycles. The lowest BCUT2D eigenvalue weighted by Gasteiger charge is -2.21. The van der Waals surface area contributed by atoms with Crippen LogP contribution in [-0.2, 0) is 14.3 Å². The number of amides is 2. The molecule has 1 N–H and O–H groups in total. The Balaban J connectivity index is 2.10. The van der Waals surface area contributed by atoms with Crippen molar-refractivity contribution >= 4 is 29.2 Å². The maximum Gasteiger partial charge on any atom is 0.337 e. The van der Waals surface area contributed by atoms with Gasteiger partial charge in [0.25, 0.3) is 0 Å². The van der Waals surface area contributed by atoms with Gasteiger partial charge < -0.3 is 15.0 Å². The van der Waals surface area contributed by atoms with E-state index in [0.717, 1.165) is 12.1 Å². The smallest absolute Gasteiger partial charge is 0.337 e. The number of nitrogens with one attached hydrogen (secondary N) is 1. The monoisotopic (exact) mass is 376 g/mol. The van der Waals surface area contributed by atoms with E-state index in [0.29, 0.717) is 5.69 Å². The van der Waals surface area contributed by atoms with Crippen molar-refractivity contribution in [1.29, 1.82) is 0 Å². The van der Waals surface area contributed by atoms with Crippen LogP contribution in [0.5, 0.6) is 0 Å². The van der Waals surface area contributed by atoms with Gasteiger partial charge in [-0.05, 0) is 30.3 Å². The maximum atomic E-state index is 13.6. The summed E-state index contributed by atoms with van der Waals surface area (Å²) in [6.45, 7) is 1.26. The number of nitrogens with zero attached hydrogens (tertiary/aromatic N) is 1. The SMILES string of the molecule is COC(=O)c1cccc(N(CCC(=O)Nc2c(F)cccc2F)C(C)=O)c1. The minimum absolute atomic E-state index is 0.0398. The quantitative estimate of drug-likeness (QED) is 0.786. The molecular weight excluding hydrogens is 358 g/mol. The van der Waals surface area contributed by atoms with E-state index in [2.05, 4.69) is 10.1 Å². The second-order valence-corrected chi connectivity index (χ2v) is 5.61. The number of ether oxygens (including phenoxy) is 1. The molecule has 0 heterocycles. The van der Waals surface area contributed by atoms with E-state index < -0.39 is 29.2 Å². The lowest BCUT2D eigenvalue weighted by atomic mass is 10.1. The third-order valence-electron chi connectivity index (χ3n) is 3.75. The van der Waals surface area contributed by atoms with E-state index in [-0.39, 0.29) is 24.4 Å². The Morgan fingerprint density at radius 1 is 1.07 bits per heavy atom. The first kappa shape index (κ1) is 20.0. The molecule has 142 valence electrons. The maximum absolute atomic E-state index is 13.6. The largest absolute Gasteiger partial charge is 0.465 e. The van der Waals surface area contributed by atoms with E-state index in [1.165, 1.54) is 37.1 Å². The molecule has 2 aromatic rings. The molecule has 0 fully saturated rings. The van der Waals surface area contributed by atoms with Gasteiger partial charge in [-0.3, -0.25) is 9.59 Å². The first-order chi connectivity index (χ1) is 12.8. The molecule has 0 aliphatic rings. The summed E-state index contributed by atoms with van der Waals surface area (Å²) in [5.74, 6) is -3.36. The summed E-state index contributed by atoms with van der Waals surface area (Å²) in [5, 5.41) is 2.16. The number of carbonyl (C=O) groups excluding carboxylic acids is 3. The van der Waals surface area contributed by atoms with Crippen molar-refractivity contribution in [3.8, 4) is 0 Å². The number of carbonyl (C=O) groups is 3. The predicted molar refractivity (Wildman–Crippen MR) is 95.4 cm³/mol. The Labute approximate surface area is 154 Å². The number of anilines is 2. The molecule has 0 aromatic heterocycles. The molecule has 27 heavy (non-hydrogen) atoms. The van der Waals surface area contributed by atoms with Crippen LogP contribution in [-0.4, -0.2) is 31.4 Å². The van der Waals surface area contributed by atoms with Crippen LogP contribution < -0.4 is 10.2 Å². The number of benzene rings is 2. The molecule has 8 heteroatoms. The fraction of sp³-hybridized carbons (Fsp3) is 0.211. The van der Waals surface area contributed by atoms with Crippen LogP contribution >= 0.6 is 0 Å². The number of esters is 1. The van der Waals surface area contributed by atoms with Crippen LogP contribution in [0.25, 0.3) is 0 Å². The summed E-state index contributed by atoms with van der Waals surface area (Å²) in [6, 6.07) is 9.40. The molecule has 0 spiro atoms. The molecule has 0 atom stereocenters. The number of methoxy groups -OCH3 is 1. The Morgan fingerprint density at radius 3 is 2.30 bits per heavy atom. The molecule has 0 bridgehead atoms. The van der Waals surface area contributed by atoms with Crippen LogP contribution in [0.3, 0.4) is 0 Å². The van der Waals surface area contributed by atoms with Crippen LogP contribution in [0.2, 0.25) is 0 Å². The first-order valence-electron chi connectivity index (χ1n) is 8.04.